The normalized spacial score (nSPS) is 13.4. The van der Waals surface area contributed by atoms with Gasteiger partial charge in [-0.25, -0.2) is 0 Å². The van der Waals surface area contributed by atoms with E-state index in [2.05, 4.69) is 60.8 Å². The van der Waals surface area contributed by atoms with Crippen LogP contribution in [0.15, 0.2) is 109 Å². The molecule has 0 aliphatic heterocycles. The second-order valence-corrected chi connectivity index (χ2v) is 8.87. The van der Waals surface area contributed by atoms with Crippen LogP contribution in [-0.4, -0.2) is 25.0 Å². The highest BCUT2D eigenvalue weighted by molar-refractivity contribution is 5.89. The molecule has 0 radical (unpaired) electrons. The number of hydrogen-bond donors (Lipinski definition) is 2. The lowest BCUT2D eigenvalue weighted by Gasteiger charge is -2.32. The van der Waals surface area contributed by atoms with Gasteiger partial charge in [-0.1, -0.05) is 84.9 Å². The predicted octanol–water partition coefficient (Wildman–Crippen LogP) is 6.10. The Balaban J connectivity index is 1.77. The Labute approximate surface area is 210 Å². The molecule has 3 N–H and O–H groups in total. The van der Waals surface area contributed by atoms with Crippen molar-refractivity contribution in [2.75, 3.05) is 11.9 Å². The summed E-state index contributed by atoms with van der Waals surface area (Å²) in [4.78, 5) is 15.6. The van der Waals surface area contributed by atoms with Gasteiger partial charge in [-0.3, -0.25) is 4.79 Å². The van der Waals surface area contributed by atoms with Crippen LogP contribution in [0, 0.1) is 0 Å². The Bertz CT molecular complexity index is 1100. The fraction of sp³-hybridized carbons (Fsp3) is 0.258. The molecule has 0 heterocycles. The van der Waals surface area contributed by atoms with Gasteiger partial charge in [0.05, 0.1) is 0 Å². The number of nitrogens with two attached hydrogens (primary N) is 1. The third kappa shape index (κ3) is 7.35. The Morgan fingerprint density at radius 1 is 0.943 bits per heavy atom. The van der Waals surface area contributed by atoms with Gasteiger partial charge in [0.25, 0.3) is 0 Å². The number of benzene rings is 3. The highest BCUT2D eigenvalue weighted by atomic mass is 16.2. The van der Waals surface area contributed by atoms with Crippen molar-refractivity contribution in [3.8, 4) is 11.1 Å². The van der Waals surface area contributed by atoms with Crippen molar-refractivity contribution >= 4 is 11.6 Å². The molecule has 0 aliphatic carbocycles. The highest BCUT2D eigenvalue weighted by Gasteiger charge is 2.28. The van der Waals surface area contributed by atoms with Crippen molar-refractivity contribution in [2.45, 2.75) is 45.2 Å². The summed E-state index contributed by atoms with van der Waals surface area (Å²) < 4.78 is 0. The van der Waals surface area contributed by atoms with E-state index in [9.17, 15) is 4.79 Å². The van der Waals surface area contributed by atoms with E-state index in [1.54, 1.807) is 6.20 Å². The fourth-order valence-corrected chi connectivity index (χ4v) is 4.21. The number of allylic oxidation sites excluding steroid dienone is 2. The van der Waals surface area contributed by atoms with Gasteiger partial charge in [-0.15, -0.1) is 0 Å². The molecule has 0 saturated heterocycles. The second-order valence-electron chi connectivity index (χ2n) is 8.87. The second kappa shape index (κ2) is 13.2. The average molecular weight is 468 g/mol. The fourth-order valence-electron chi connectivity index (χ4n) is 4.21. The van der Waals surface area contributed by atoms with Gasteiger partial charge in [0.15, 0.2) is 0 Å². The molecule has 2 atom stereocenters. The lowest BCUT2D eigenvalue weighted by molar-refractivity contribution is -0.122. The largest absolute Gasteiger partial charge is 0.405 e. The van der Waals surface area contributed by atoms with Crippen LogP contribution in [-0.2, 0) is 11.2 Å². The van der Waals surface area contributed by atoms with Gasteiger partial charge >= 0.3 is 0 Å². The van der Waals surface area contributed by atoms with Gasteiger partial charge in [0.2, 0.25) is 5.91 Å². The first-order valence-corrected chi connectivity index (χ1v) is 12.3. The maximum atomic E-state index is 13.6. The first-order valence-electron chi connectivity index (χ1n) is 12.3. The molecule has 1 amide bonds. The van der Waals surface area contributed by atoms with Crippen molar-refractivity contribution < 1.29 is 4.79 Å². The van der Waals surface area contributed by atoms with Crippen molar-refractivity contribution in [3.05, 3.63) is 114 Å². The van der Waals surface area contributed by atoms with Crippen molar-refractivity contribution in [3.63, 3.8) is 0 Å². The standard InChI is InChI=1S/C31H37N3O/c1-4-5-14-28(23-32)30(31(35)33-24(2)17-18-25-12-8-6-9-13-25)34(3)29-21-19-27(20-22-29)26-15-10-7-11-16-26/h4-13,15-16,19-24,30H,14,17-18,32H2,1-3H3,(H,33,35)/b5-4-,28-23+/t24-,30+/m0/s1. The molecule has 3 aromatic rings. The van der Waals surface area contributed by atoms with E-state index in [1.165, 1.54) is 11.1 Å². The number of hydrogen-bond acceptors (Lipinski definition) is 3. The van der Waals surface area contributed by atoms with Gasteiger partial charge in [0, 0.05) is 18.8 Å². The third-order valence-corrected chi connectivity index (χ3v) is 6.27. The molecule has 4 nitrogen and oxygen atoms in total. The van der Waals surface area contributed by atoms with Crippen molar-refractivity contribution in [1.82, 2.24) is 5.32 Å². The minimum atomic E-state index is -0.502. The van der Waals surface area contributed by atoms with E-state index in [1.807, 2.05) is 67.4 Å². The van der Waals surface area contributed by atoms with E-state index in [4.69, 9.17) is 5.73 Å². The molecular weight excluding hydrogens is 430 g/mol. The van der Waals surface area contributed by atoms with Crippen LogP contribution in [0.4, 0.5) is 5.69 Å². The molecule has 0 aromatic heterocycles. The van der Waals surface area contributed by atoms with E-state index < -0.39 is 6.04 Å². The molecule has 0 fully saturated rings. The first-order chi connectivity index (χ1) is 17.0. The number of carbonyl (C=O) groups excluding carboxylic acids is 1. The summed E-state index contributed by atoms with van der Waals surface area (Å²) in [7, 11) is 1.95. The maximum Gasteiger partial charge on any atom is 0.247 e. The van der Waals surface area contributed by atoms with E-state index in [0.29, 0.717) is 6.42 Å². The minimum Gasteiger partial charge on any atom is -0.405 e. The minimum absolute atomic E-state index is 0.0404. The molecule has 3 rings (SSSR count). The molecule has 0 spiro atoms. The van der Waals surface area contributed by atoms with Gasteiger partial charge in [-0.2, -0.15) is 0 Å². The van der Waals surface area contributed by atoms with Crippen LogP contribution >= 0.6 is 0 Å². The summed E-state index contributed by atoms with van der Waals surface area (Å²) in [5.74, 6) is -0.0404. The molecule has 35 heavy (non-hydrogen) atoms. The lowest BCUT2D eigenvalue weighted by atomic mass is 9.99. The van der Waals surface area contributed by atoms with Crippen LogP contribution in [0.3, 0.4) is 0 Å². The van der Waals surface area contributed by atoms with E-state index in [-0.39, 0.29) is 11.9 Å². The van der Waals surface area contributed by atoms with Crippen LogP contribution in [0.1, 0.15) is 32.3 Å². The SMILES string of the molecule is C/C=C\C/C(=C\N)[C@H](C(=O)N[C@@H](C)CCc1ccccc1)N(C)c1ccc(-c2ccccc2)cc1. The molecule has 4 heteroatoms. The quantitative estimate of drug-likeness (QED) is 0.335. The Hall–Kier alpha value is -3.79. The Kier molecular flexibility index (Phi) is 9.73. The summed E-state index contributed by atoms with van der Waals surface area (Å²) in [5, 5.41) is 3.23. The monoisotopic (exact) mass is 467 g/mol. The predicted molar refractivity (Wildman–Crippen MR) is 148 cm³/mol. The number of nitrogens with zero attached hydrogens (tertiary/aromatic N) is 1. The summed E-state index contributed by atoms with van der Waals surface area (Å²) >= 11 is 0. The summed E-state index contributed by atoms with van der Waals surface area (Å²) in [6, 6.07) is 28.5. The van der Waals surface area contributed by atoms with E-state index in [0.717, 1.165) is 29.7 Å². The molecule has 3 aromatic carbocycles. The highest BCUT2D eigenvalue weighted by Crippen LogP contribution is 2.26. The lowest BCUT2D eigenvalue weighted by Crippen LogP contribution is -2.49. The van der Waals surface area contributed by atoms with Crippen LogP contribution < -0.4 is 16.0 Å². The Morgan fingerprint density at radius 3 is 2.14 bits per heavy atom. The van der Waals surface area contributed by atoms with Crippen LogP contribution in [0.2, 0.25) is 0 Å². The third-order valence-electron chi connectivity index (χ3n) is 6.27. The molecule has 182 valence electrons. The molecular formula is C31H37N3O. The van der Waals surface area contributed by atoms with E-state index >= 15 is 0 Å². The number of anilines is 1. The Morgan fingerprint density at radius 2 is 1.54 bits per heavy atom. The van der Waals surface area contributed by atoms with Gasteiger partial charge in [0.1, 0.15) is 6.04 Å². The maximum absolute atomic E-state index is 13.6. The summed E-state index contributed by atoms with van der Waals surface area (Å²) in [6.45, 7) is 4.03. The number of nitrogens with one attached hydrogen (secondary N) is 1. The number of rotatable bonds is 11. The number of likely N-dealkylation sites (N-methyl/N-ethyl adjacent to an activating group) is 1. The van der Waals surface area contributed by atoms with Gasteiger partial charge in [-0.05, 0) is 73.7 Å². The smallest absolute Gasteiger partial charge is 0.247 e. The van der Waals surface area contributed by atoms with Gasteiger partial charge < -0.3 is 16.0 Å². The summed E-state index contributed by atoms with van der Waals surface area (Å²) in [5.41, 5.74) is 11.4. The zero-order valence-corrected chi connectivity index (χ0v) is 21.0. The number of amides is 1. The topological polar surface area (TPSA) is 58.4 Å². The van der Waals surface area contributed by atoms with Crippen molar-refractivity contribution in [1.29, 1.82) is 0 Å². The summed E-state index contributed by atoms with van der Waals surface area (Å²) in [6.07, 6.45) is 8.00. The van der Waals surface area contributed by atoms with Crippen LogP contribution in [0.25, 0.3) is 11.1 Å². The zero-order chi connectivity index (χ0) is 25.0. The number of aryl methyl sites for hydroxylation is 1. The molecule has 0 unspecified atom stereocenters. The first kappa shape index (κ1) is 25.8. The van der Waals surface area contributed by atoms with Crippen LogP contribution in [0.5, 0.6) is 0 Å². The zero-order valence-electron chi connectivity index (χ0n) is 21.0. The molecule has 0 saturated carbocycles. The molecule has 0 aliphatic rings. The molecule has 0 bridgehead atoms. The average Bonchev–Trinajstić information content (AvgIpc) is 2.90. The van der Waals surface area contributed by atoms with Crippen molar-refractivity contribution in [2.24, 2.45) is 5.73 Å². The number of carbonyl (C=O) groups is 1.